The highest BCUT2D eigenvalue weighted by Gasteiger charge is 2.30. The highest BCUT2D eigenvalue weighted by Crippen LogP contribution is 2.29. The van der Waals surface area contributed by atoms with E-state index in [2.05, 4.69) is 26.9 Å². The Hall–Kier alpha value is -1.93. The number of hydrogen-bond donors (Lipinski definition) is 0. The molecule has 1 atom stereocenters. The number of piperazine rings is 1. The number of alkyl halides is 3. The lowest BCUT2D eigenvalue weighted by Crippen LogP contribution is -2.46. The summed E-state index contributed by atoms with van der Waals surface area (Å²) >= 11 is 0. The summed E-state index contributed by atoms with van der Waals surface area (Å²) in [7, 11) is 0. The third-order valence-electron chi connectivity index (χ3n) is 4.80. The Morgan fingerprint density at radius 3 is 2.31 bits per heavy atom. The van der Waals surface area contributed by atoms with Crippen LogP contribution in [-0.4, -0.2) is 46.1 Å². The van der Waals surface area contributed by atoms with Gasteiger partial charge in [-0.2, -0.15) is 18.2 Å². The molecule has 0 radical (unpaired) electrons. The van der Waals surface area contributed by atoms with Crippen LogP contribution in [0.15, 0.2) is 28.8 Å². The number of rotatable bonds is 5. The molecule has 1 saturated heterocycles. The molecule has 2 aromatic rings. The Morgan fingerprint density at radius 1 is 1.12 bits per heavy atom. The van der Waals surface area contributed by atoms with Crippen LogP contribution in [0.25, 0.3) is 0 Å². The fourth-order valence-corrected chi connectivity index (χ4v) is 3.10. The first kappa shape index (κ1) is 18.8. The zero-order chi connectivity index (χ0) is 18.7. The summed E-state index contributed by atoms with van der Waals surface area (Å²) in [5.74, 6) is 1.35. The minimum Gasteiger partial charge on any atom is -0.338 e. The number of nitrogens with zero attached hydrogens (tertiary/aromatic N) is 4. The van der Waals surface area contributed by atoms with Crippen molar-refractivity contribution in [1.29, 1.82) is 0 Å². The van der Waals surface area contributed by atoms with Gasteiger partial charge in [0.2, 0.25) is 5.89 Å². The quantitative estimate of drug-likeness (QED) is 0.808. The molecule has 0 bridgehead atoms. The van der Waals surface area contributed by atoms with Gasteiger partial charge in [-0.25, -0.2) is 0 Å². The van der Waals surface area contributed by atoms with Crippen molar-refractivity contribution in [3.63, 3.8) is 0 Å². The van der Waals surface area contributed by atoms with Crippen molar-refractivity contribution in [3.8, 4) is 0 Å². The van der Waals surface area contributed by atoms with E-state index in [1.807, 2.05) is 6.92 Å². The summed E-state index contributed by atoms with van der Waals surface area (Å²) in [4.78, 5) is 8.93. The lowest BCUT2D eigenvalue weighted by molar-refractivity contribution is -0.137. The lowest BCUT2D eigenvalue weighted by Gasteiger charge is -2.36. The van der Waals surface area contributed by atoms with Crippen molar-refractivity contribution >= 4 is 0 Å². The number of aromatic nitrogens is 2. The molecule has 142 valence electrons. The van der Waals surface area contributed by atoms with Crippen molar-refractivity contribution in [2.75, 3.05) is 26.2 Å². The van der Waals surface area contributed by atoms with E-state index >= 15 is 0 Å². The Balaban J connectivity index is 1.52. The highest BCUT2D eigenvalue weighted by molar-refractivity contribution is 5.24. The van der Waals surface area contributed by atoms with Crippen LogP contribution in [0.1, 0.15) is 42.7 Å². The van der Waals surface area contributed by atoms with Crippen LogP contribution in [-0.2, 0) is 19.1 Å². The molecule has 0 N–H and O–H groups in total. The van der Waals surface area contributed by atoms with Gasteiger partial charge in [-0.3, -0.25) is 9.80 Å². The van der Waals surface area contributed by atoms with E-state index in [0.717, 1.165) is 50.3 Å². The molecule has 1 aliphatic heterocycles. The molecule has 1 unspecified atom stereocenters. The van der Waals surface area contributed by atoms with E-state index in [4.69, 9.17) is 4.52 Å². The van der Waals surface area contributed by atoms with E-state index in [0.29, 0.717) is 18.3 Å². The molecule has 0 amide bonds. The predicted molar refractivity (Wildman–Crippen MR) is 90.4 cm³/mol. The van der Waals surface area contributed by atoms with Crippen LogP contribution in [0.3, 0.4) is 0 Å². The first-order valence-corrected chi connectivity index (χ1v) is 8.82. The summed E-state index contributed by atoms with van der Waals surface area (Å²) in [5.41, 5.74) is 0.287. The van der Waals surface area contributed by atoms with Gasteiger partial charge in [0.15, 0.2) is 5.82 Å². The monoisotopic (exact) mass is 368 g/mol. The van der Waals surface area contributed by atoms with Crippen LogP contribution >= 0.6 is 0 Å². The SMILES string of the molecule is CCc1noc(C(C)N2CCN(Cc3ccc(C(F)(F)F)cc3)CC2)n1. The normalized spacial score (nSPS) is 18.2. The van der Waals surface area contributed by atoms with Crippen LogP contribution in [0.5, 0.6) is 0 Å². The second-order valence-corrected chi connectivity index (χ2v) is 6.59. The minimum atomic E-state index is -4.29. The van der Waals surface area contributed by atoms with E-state index < -0.39 is 11.7 Å². The zero-order valence-corrected chi connectivity index (χ0v) is 15.0. The van der Waals surface area contributed by atoms with Crippen LogP contribution in [0.2, 0.25) is 0 Å². The molecule has 0 spiro atoms. The second-order valence-electron chi connectivity index (χ2n) is 6.59. The third-order valence-corrected chi connectivity index (χ3v) is 4.80. The molecule has 5 nitrogen and oxygen atoms in total. The fourth-order valence-electron chi connectivity index (χ4n) is 3.10. The Morgan fingerprint density at radius 2 is 1.77 bits per heavy atom. The van der Waals surface area contributed by atoms with Gasteiger partial charge in [0.1, 0.15) is 0 Å². The maximum atomic E-state index is 12.6. The summed E-state index contributed by atoms with van der Waals surface area (Å²) in [6, 6.07) is 5.48. The maximum Gasteiger partial charge on any atom is 0.416 e. The summed E-state index contributed by atoms with van der Waals surface area (Å²) in [6.45, 7) is 8.09. The summed E-state index contributed by atoms with van der Waals surface area (Å²) in [5, 5.41) is 3.94. The Bertz CT molecular complexity index is 706. The minimum absolute atomic E-state index is 0.0658. The Labute approximate surface area is 150 Å². The van der Waals surface area contributed by atoms with Crippen molar-refractivity contribution in [2.24, 2.45) is 0 Å². The third kappa shape index (κ3) is 4.42. The van der Waals surface area contributed by atoms with Gasteiger partial charge in [0, 0.05) is 39.1 Å². The van der Waals surface area contributed by atoms with Gasteiger partial charge >= 0.3 is 6.18 Å². The molecule has 3 rings (SSSR count). The molecular formula is C18H23F3N4O. The molecule has 0 saturated carbocycles. The fraction of sp³-hybridized carbons (Fsp3) is 0.556. The van der Waals surface area contributed by atoms with E-state index in [1.165, 1.54) is 0 Å². The summed E-state index contributed by atoms with van der Waals surface area (Å²) in [6.07, 6.45) is -3.54. The van der Waals surface area contributed by atoms with E-state index in [9.17, 15) is 13.2 Å². The van der Waals surface area contributed by atoms with Crippen molar-refractivity contribution in [1.82, 2.24) is 19.9 Å². The smallest absolute Gasteiger partial charge is 0.338 e. The van der Waals surface area contributed by atoms with Crippen molar-refractivity contribution in [3.05, 3.63) is 47.1 Å². The van der Waals surface area contributed by atoms with Gasteiger partial charge in [-0.05, 0) is 24.6 Å². The molecule has 1 aromatic heterocycles. The van der Waals surface area contributed by atoms with Gasteiger partial charge in [-0.15, -0.1) is 0 Å². The number of halogens is 3. The summed E-state index contributed by atoms with van der Waals surface area (Å²) < 4.78 is 43.2. The molecule has 26 heavy (non-hydrogen) atoms. The molecule has 2 heterocycles. The molecule has 1 aliphatic rings. The zero-order valence-electron chi connectivity index (χ0n) is 15.0. The number of benzene rings is 1. The molecular weight excluding hydrogens is 345 g/mol. The van der Waals surface area contributed by atoms with Crippen molar-refractivity contribution in [2.45, 2.75) is 39.0 Å². The Kier molecular flexibility index (Phi) is 5.62. The predicted octanol–water partition coefficient (Wildman–Crippen LogP) is 3.53. The van der Waals surface area contributed by atoms with Gasteiger partial charge in [0.25, 0.3) is 0 Å². The van der Waals surface area contributed by atoms with Gasteiger partial charge in [-0.1, -0.05) is 24.2 Å². The molecule has 0 aliphatic carbocycles. The van der Waals surface area contributed by atoms with Crippen LogP contribution < -0.4 is 0 Å². The molecule has 1 fully saturated rings. The van der Waals surface area contributed by atoms with E-state index in [-0.39, 0.29) is 6.04 Å². The standard InChI is InChI=1S/C18H23F3N4O/c1-3-16-22-17(26-23-16)13(2)25-10-8-24(9-11-25)12-14-4-6-15(7-5-14)18(19,20)21/h4-7,13H,3,8-12H2,1-2H3. The van der Waals surface area contributed by atoms with Crippen molar-refractivity contribution < 1.29 is 17.7 Å². The maximum absolute atomic E-state index is 12.6. The second kappa shape index (κ2) is 7.75. The largest absolute Gasteiger partial charge is 0.416 e. The lowest BCUT2D eigenvalue weighted by atomic mass is 10.1. The topological polar surface area (TPSA) is 45.4 Å². The molecule has 8 heteroatoms. The van der Waals surface area contributed by atoms with Gasteiger partial charge < -0.3 is 4.52 Å². The van der Waals surface area contributed by atoms with Crippen LogP contribution in [0, 0.1) is 0 Å². The first-order valence-electron chi connectivity index (χ1n) is 8.82. The van der Waals surface area contributed by atoms with E-state index in [1.54, 1.807) is 12.1 Å². The average Bonchev–Trinajstić information content (AvgIpc) is 3.11. The number of hydrogen-bond acceptors (Lipinski definition) is 5. The first-order chi connectivity index (χ1) is 12.4. The highest BCUT2D eigenvalue weighted by atomic mass is 19.4. The van der Waals surface area contributed by atoms with Crippen LogP contribution in [0.4, 0.5) is 13.2 Å². The molecule has 1 aromatic carbocycles. The number of aryl methyl sites for hydroxylation is 1. The van der Waals surface area contributed by atoms with Gasteiger partial charge in [0.05, 0.1) is 11.6 Å². The average molecular weight is 368 g/mol.